The number of alkyl halides is 3. The molecule has 0 aliphatic carbocycles. The quantitative estimate of drug-likeness (QED) is 0.689. The zero-order valence-corrected chi connectivity index (χ0v) is 11.2. The molecule has 3 nitrogen and oxygen atoms in total. The highest BCUT2D eigenvalue weighted by Gasteiger charge is 2.43. The second kappa shape index (κ2) is 6.01. The summed E-state index contributed by atoms with van der Waals surface area (Å²) in [6, 6.07) is 5.57. The van der Waals surface area contributed by atoms with Crippen LogP contribution in [0, 0.1) is 5.82 Å². The number of carbonyl (C=O) groups excluding carboxylic acids is 1. The molecular weight excluding hydrogens is 290 g/mol. The van der Waals surface area contributed by atoms with Crippen molar-refractivity contribution in [3.8, 4) is 0 Å². The van der Waals surface area contributed by atoms with Crippen molar-refractivity contribution in [3.63, 3.8) is 0 Å². The SMILES string of the molecule is O=C(OCC1(c2ccc(F)cc2)CCNCC1)C(F)(F)F. The Kier molecular flexibility index (Phi) is 4.51. The van der Waals surface area contributed by atoms with Gasteiger partial charge in [-0.2, -0.15) is 13.2 Å². The summed E-state index contributed by atoms with van der Waals surface area (Å²) in [6.45, 7) is 0.834. The Balaban J connectivity index is 2.17. The lowest BCUT2D eigenvalue weighted by Gasteiger charge is -2.37. The van der Waals surface area contributed by atoms with Crippen LogP contribution in [-0.2, 0) is 14.9 Å². The van der Waals surface area contributed by atoms with Gasteiger partial charge in [-0.1, -0.05) is 12.1 Å². The maximum atomic E-state index is 13.0. The van der Waals surface area contributed by atoms with Gasteiger partial charge in [0.15, 0.2) is 0 Å². The second-order valence-electron chi connectivity index (χ2n) is 5.11. The van der Waals surface area contributed by atoms with Crippen LogP contribution in [0.1, 0.15) is 18.4 Å². The van der Waals surface area contributed by atoms with Crippen molar-refractivity contribution < 1.29 is 27.1 Å². The summed E-state index contributed by atoms with van der Waals surface area (Å²) in [6.07, 6.45) is -3.97. The number of carbonyl (C=O) groups is 1. The number of nitrogens with one attached hydrogen (secondary N) is 1. The molecule has 0 bridgehead atoms. The Labute approximate surface area is 119 Å². The summed E-state index contributed by atoms with van der Waals surface area (Å²) >= 11 is 0. The average Bonchev–Trinajstić information content (AvgIpc) is 2.45. The van der Waals surface area contributed by atoms with Gasteiger partial charge in [-0.25, -0.2) is 9.18 Å². The molecule has 0 unspecified atom stereocenters. The number of piperidine rings is 1. The monoisotopic (exact) mass is 305 g/mol. The molecule has 7 heteroatoms. The Morgan fingerprint density at radius 3 is 2.29 bits per heavy atom. The average molecular weight is 305 g/mol. The minimum absolute atomic E-state index is 0.362. The van der Waals surface area contributed by atoms with Crippen molar-refractivity contribution in [3.05, 3.63) is 35.6 Å². The molecule has 1 aromatic rings. The van der Waals surface area contributed by atoms with E-state index in [9.17, 15) is 22.4 Å². The number of rotatable bonds is 3. The molecule has 1 saturated heterocycles. The van der Waals surface area contributed by atoms with Crippen molar-refractivity contribution in [1.82, 2.24) is 5.32 Å². The van der Waals surface area contributed by atoms with Crippen LogP contribution < -0.4 is 5.32 Å². The normalized spacial score (nSPS) is 18.3. The van der Waals surface area contributed by atoms with E-state index in [2.05, 4.69) is 10.1 Å². The molecule has 2 rings (SSSR count). The van der Waals surface area contributed by atoms with E-state index in [0.717, 1.165) is 0 Å². The molecule has 1 fully saturated rings. The number of benzene rings is 1. The summed E-state index contributed by atoms with van der Waals surface area (Å²) in [5.41, 5.74) is -0.0276. The predicted octanol–water partition coefficient (Wildman–Crippen LogP) is 2.55. The number of hydrogen-bond donors (Lipinski definition) is 1. The van der Waals surface area contributed by atoms with Crippen molar-refractivity contribution in [1.29, 1.82) is 0 Å². The van der Waals surface area contributed by atoms with Crippen molar-refractivity contribution >= 4 is 5.97 Å². The Morgan fingerprint density at radius 1 is 1.19 bits per heavy atom. The molecular formula is C14H15F4NO2. The van der Waals surface area contributed by atoms with E-state index in [0.29, 0.717) is 31.5 Å². The van der Waals surface area contributed by atoms with Gasteiger partial charge in [0.05, 0.1) is 0 Å². The first-order valence-corrected chi connectivity index (χ1v) is 6.54. The van der Waals surface area contributed by atoms with E-state index in [-0.39, 0.29) is 6.61 Å². The van der Waals surface area contributed by atoms with Crippen LogP contribution in [0.25, 0.3) is 0 Å². The van der Waals surface area contributed by atoms with E-state index in [1.807, 2.05) is 0 Å². The number of ether oxygens (including phenoxy) is 1. The first-order chi connectivity index (χ1) is 9.83. The van der Waals surface area contributed by atoms with Crippen molar-refractivity contribution in [2.75, 3.05) is 19.7 Å². The van der Waals surface area contributed by atoms with Crippen LogP contribution in [0.5, 0.6) is 0 Å². The highest BCUT2D eigenvalue weighted by molar-refractivity contribution is 5.75. The fourth-order valence-electron chi connectivity index (χ4n) is 2.51. The molecule has 1 aliphatic heterocycles. The molecule has 0 atom stereocenters. The zero-order valence-electron chi connectivity index (χ0n) is 11.2. The van der Waals surface area contributed by atoms with Gasteiger partial charge in [-0.05, 0) is 43.6 Å². The molecule has 0 aromatic heterocycles. The van der Waals surface area contributed by atoms with Gasteiger partial charge in [-0.15, -0.1) is 0 Å². The lowest BCUT2D eigenvalue weighted by atomic mass is 9.74. The molecule has 0 spiro atoms. The van der Waals surface area contributed by atoms with E-state index in [4.69, 9.17) is 0 Å². The van der Waals surface area contributed by atoms with Crippen LogP contribution in [-0.4, -0.2) is 31.8 Å². The molecule has 1 N–H and O–H groups in total. The molecule has 1 aliphatic rings. The van der Waals surface area contributed by atoms with E-state index < -0.39 is 23.4 Å². The summed E-state index contributed by atoms with van der Waals surface area (Å²) in [7, 11) is 0. The van der Waals surface area contributed by atoms with Gasteiger partial charge >= 0.3 is 12.1 Å². The highest BCUT2D eigenvalue weighted by atomic mass is 19.4. The first kappa shape index (κ1) is 15.8. The standard InChI is InChI=1S/C14H15F4NO2/c15-11-3-1-10(2-4-11)13(5-7-19-8-6-13)9-21-12(20)14(16,17)18/h1-4,19H,5-9H2. The summed E-state index contributed by atoms with van der Waals surface area (Å²) in [5, 5.41) is 3.10. The van der Waals surface area contributed by atoms with Gasteiger partial charge in [0.2, 0.25) is 0 Å². The fourth-order valence-corrected chi connectivity index (χ4v) is 2.51. The third kappa shape index (κ3) is 3.72. The van der Waals surface area contributed by atoms with Crippen LogP contribution in [0.15, 0.2) is 24.3 Å². The molecule has 21 heavy (non-hydrogen) atoms. The number of halogens is 4. The minimum atomic E-state index is -5.00. The maximum Gasteiger partial charge on any atom is 0.490 e. The summed E-state index contributed by atoms with van der Waals surface area (Å²) in [4.78, 5) is 10.9. The largest absolute Gasteiger partial charge is 0.490 e. The van der Waals surface area contributed by atoms with Crippen molar-refractivity contribution in [2.45, 2.75) is 24.4 Å². The first-order valence-electron chi connectivity index (χ1n) is 6.54. The van der Waals surface area contributed by atoms with E-state index in [1.165, 1.54) is 24.3 Å². The molecule has 1 aromatic carbocycles. The molecule has 116 valence electrons. The third-order valence-corrected chi connectivity index (χ3v) is 3.73. The van der Waals surface area contributed by atoms with Crippen LogP contribution in [0.2, 0.25) is 0 Å². The zero-order chi connectivity index (χ0) is 15.5. The molecule has 1 heterocycles. The van der Waals surface area contributed by atoms with Gasteiger partial charge in [-0.3, -0.25) is 0 Å². The van der Waals surface area contributed by atoms with Crippen LogP contribution in [0.3, 0.4) is 0 Å². The van der Waals surface area contributed by atoms with E-state index in [1.54, 1.807) is 0 Å². The summed E-state index contributed by atoms with van der Waals surface area (Å²) < 4.78 is 54.2. The van der Waals surface area contributed by atoms with Gasteiger partial charge < -0.3 is 10.1 Å². The third-order valence-electron chi connectivity index (χ3n) is 3.73. The lowest BCUT2D eigenvalue weighted by molar-refractivity contribution is -0.201. The van der Waals surface area contributed by atoms with Gasteiger partial charge in [0.1, 0.15) is 12.4 Å². The Morgan fingerprint density at radius 2 is 1.76 bits per heavy atom. The predicted molar refractivity (Wildman–Crippen MR) is 67.2 cm³/mol. The number of hydrogen-bond acceptors (Lipinski definition) is 3. The minimum Gasteiger partial charge on any atom is -0.458 e. The van der Waals surface area contributed by atoms with Gasteiger partial charge in [0, 0.05) is 5.41 Å². The van der Waals surface area contributed by atoms with Gasteiger partial charge in [0.25, 0.3) is 0 Å². The highest BCUT2D eigenvalue weighted by Crippen LogP contribution is 2.34. The molecule has 0 saturated carbocycles. The Hall–Kier alpha value is -1.63. The summed E-state index contributed by atoms with van der Waals surface area (Å²) in [5.74, 6) is -2.61. The van der Waals surface area contributed by atoms with Crippen LogP contribution in [0.4, 0.5) is 17.6 Å². The van der Waals surface area contributed by atoms with Crippen molar-refractivity contribution in [2.24, 2.45) is 0 Å². The smallest absolute Gasteiger partial charge is 0.458 e. The topological polar surface area (TPSA) is 38.3 Å². The van der Waals surface area contributed by atoms with E-state index >= 15 is 0 Å². The lowest BCUT2D eigenvalue weighted by Crippen LogP contribution is -2.44. The maximum absolute atomic E-state index is 13.0. The fraction of sp³-hybridized carbons (Fsp3) is 0.500. The van der Waals surface area contributed by atoms with Crippen LogP contribution >= 0.6 is 0 Å². The molecule has 0 amide bonds. The molecule has 0 radical (unpaired) electrons. The number of esters is 1. The second-order valence-corrected chi connectivity index (χ2v) is 5.11. The Bertz CT molecular complexity index is 493.